The molecule has 0 radical (unpaired) electrons. The molecule has 1 aliphatic heterocycles. The van der Waals surface area contributed by atoms with Crippen LogP contribution in [0.25, 0.3) is 0 Å². The number of likely N-dealkylation sites (tertiary alicyclic amines) is 1. The zero-order valence-electron chi connectivity index (χ0n) is 15.7. The van der Waals surface area contributed by atoms with E-state index in [-0.39, 0.29) is 17.9 Å². The van der Waals surface area contributed by atoms with E-state index in [0.29, 0.717) is 18.7 Å². The van der Waals surface area contributed by atoms with Crippen molar-refractivity contribution in [2.24, 2.45) is 0 Å². The van der Waals surface area contributed by atoms with Gasteiger partial charge in [0.2, 0.25) is 0 Å². The van der Waals surface area contributed by atoms with Gasteiger partial charge in [-0.05, 0) is 69.0 Å². The van der Waals surface area contributed by atoms with Crippen LogP contribution in [0.2, 0.25) is 0 Å². The fourth-order valence-corrected chi connectivity index (χ4v) is 3.34. The highest BCUT2D eigenvalue weighted by molar-refractivity contribution is 5.95. The van der Waals surface area contributed by atoms with E-state index < -0.39 is 0 Å². The summed E-state index contributed by atoms with van der Waals surface area (Å²) in [5, 5.41) is 3.10. The molecule has 0 unspecified atom stereocenters. The van der Waals surface area contributed by atoms with Gasteiger partial charge >= 0.3 is 0 Å². The molecule has 3 rings (SSSR count). The van der Waals surface area contributed by atoms with Crippen molar-refractivity contribution in [2.45, 2.75) is 39.7 Å². The maximum atomic E-state index is 12.7. The maximum absolute atomic E-state index is 12.7. The van der Waals surface area contributed by atoms with Gasteiger partial charge in [0.25, 0.3) is 11.8 Å². The molecule has 0 aromatic heterocycles. The minimum atomic E-state index is -0.0346. The van der Waals surface area contributed by atoms with Gasteiger partial charge in [0.05, 0.1) is 0 Å². The average molecular weight is 350 g/mol. The highest BCUT2D eigenvalue weighted by Gasteiger charge is 2.25. The molecule has 0 atom stereocenters. The predicted octanol–water partition coefficient (Wildman–Crippen LogP) is 3.65. The summed E-state index contributed by atoms with van der Waals surface area (Å²) in [7, 11) is 0. The summed E-state index contributed by atoms with van der Waals surface area (Å²) in [6.07, 6.45) is 1.57. The Labute approximate surface area is 155 Å². The Bertz CT molecular complexity index is 821. The highest BCUT2D eigenvalue weighted by atomic mass is 16.2. The molecule has 26 heavy (non-hydrogen) atoms. The van der Waals surface area contributed by atoms with Gasteiger partial charge in [-0.2, -0.15) is 0 Å². The van der Waals surface area contributed by atoms with Crippen molar-refractivity contribution in [3.05, 3.63) is 70.3 Å². The Morgan fingerprint density at radius 3 is 2.31 bits per heavy atom. The van der Waals surface area contributed by atoms with E-state index in [9.17, 15) is 9.59 Å². The molecule has 1 fully saturated rings. The van der Waals surface area contributed by atoms with E-state index in [1.807, 2.05) is 68.1 Å². The number of nitrogens with one attached hydrogen (secondary N) is 1. The fourth-order valence-electron chi connectivity index (χ4n) is 3.34. The Hall–Kier alpha value is -2.62. The van der Waals surface area contributed by atoms with Crippen LogP contribution in [0.1, 0.15) is 50.2 Å². The SMILES string of the molecule is Cc1cccc(C(=O)NC2CCN(C(=O)c3ccc(C)c(C)c3)CC2)c1. The molecule has 0 bridgehead atoms. The molecule has 1 heterocycles. The van der Waals surface area contributed by atoms with Gasteiger partial charge in [0.1, 0.15) is 0 Å². The second-order valence-corrected chi connectivity index (χ2v) is 7.21. The molecule has 1 N–H and O–H groups in total. The lowest BCUT2D eigenvalue weighted by molar-refractivity contribution is 0.0698. The predicted molar refractivity (Wildman–Crippen MR) is 103 cm³/mol. The van der Waals surface area contributed by atoms with Crippen molar-refractivity contribution in [1.82, 2.24) is 10.2 Å². The van der Waals surface area contributed by atoms with Crippen LogP contribution in [0.15, 0.2) is 42.5 Å². The average Bonchev–Trinajstić information content (AvgIpc) is 2.64. The van der Waals surface area contributed by atoms with Crippen LogP contribution in [-0.2, 0) is 0 Å². The number of aryl methyl sites for hydroxylation is 3. The molecular weight excluding hydrogens is 324 g/mol. The monoisotopic (exact) mass is 350 g/mol. The molecule has 0 saturated carbocycles. The number of benzene rings is 2. The number of carbonyl (C=O) groups is 2. The Morgan fingerprint density at radius 2 is 1.65 bits per heavy atom. The lowest BCUT2D eigenvalue weighted by Crippen LogP contribution is -2.46. The third kappa shape index (κ3) is 4.13. The van der Waals surface area contributed by atoms with Crippen molar-refractivity contribution in [3.8, 4) is 0 Å². The van der Waals surface area contributed by atoms with E-state index in [2.05, 4.69) is 5.32 Å². The fraction of sp³-hybridized carbons (Fsp3) is 0.364. The van der Waals surface area contributed by atoms with E-state index in [1.165, 1.54) is 5.56 Å². The van der Waals surface area contributed by atoms with Gasteiger partial charge in [-0.1, -0.05) is 23.8 Å². The number of carbonyl (C=O) groups excluding carboxylic acids is 2. The van der Waals surface area contributed by atoms with Crippen LogP contribution >= 0.6 is 0 Å². The third-order valence-corrected chi connectivity index (χ3v) is 5.15. The molecule has 4 nitrogen and oxygen atoms in total. The smallest absolute Gasteiger partial charge is 0.253 e. The Kier molecular flexibility index (Phi) is 5.40. The normalized spacial score (nSPS) is 15.0. The summed E-state index contributed by atoms with van der Waals surface area (Å²) < 4.78 is 0. The first-order chi connectivity index (χ1) is 12.4. The summed E-state index contributed by atoms with van der Waals surface area (Å²) in [6.45, 7) is 7.40. The van der Waals surface area contributed by atoms with E-state index in [1.54, 1.807) is 0 Å². The van der Waals surface area contributed by atoms with Crippen LogP contribution in [0.3, 0.4) is 0 Å². The number of hydrogen-bond acceptors (Lipinski definition) is 2. The van der Waals surface area contributed by atoms with Crippen LogP contribution in [-0.4, -0.2) is 35.8 Å². The number of rotatable bonds is 3. The van der Waals surface area contributed by atoms with Gasteiger partial charge in [-0.15, -0.1) is 0 Å². The van der Waals surface area contributed by atoms with Gasteiger partial charge in [0, 0.05) is 30.3 Å². The summed E-state index contributed by atoms with van der Waals surface area (Å²) >= 11 is 0. The molecular formula is C22H26N2O2. The topological polar surface area (TPSA) is 49.4 Å². The number of nitrogens with zero attached hydrogens (tertiary/aromatic N) is 1. The van der Waals surface area contributed by atoms with Crippen LogP contribution in [0, 0.1) is 20.8 Å². The minimum Gasteiger partial charge on any atom is -0.349 e. The minimum absolute atomic E-state index is 0.0346. The molecule has 1 saturated heterocycles. The standard InChI is InChI=1S/C22H26N2O2/c1-15-5-4-6-18(13-15)21(25)23-20-9-11-24(12-10-20)22(26)19-8-7-16(2)17(3)14-19/h4-8,13-14,20H,9-12H2,1-3H3,(H,23,25). The first-order valence-corrected chi connectivity index (χ1v) is 9.18. The number of piperidine rings is 1. The van der Waals surface area contributed by atoms with Gasteiger partial charge in [-0.3, -0.25) is 9.59 Å². The van der Waals surface area contributed by atoms with Crippen molar-refractivity contribution in [1.29, 1.82) is 0 Å². The summed E-state index contributed by atoms with van der Waals surface area (Å²) in [6, 6.07) is 13.6. The van der Waals surface area contributed by atoms with Crippen LogP contribution < -0.4 is 5.32 Å². The van der Waals surface area contributed by atoms with Gasteiger partial charge in [0.15, 0.2) is 0 Å². The van der Waals surface area contributed by atoms with Crippen molar-refractivity contribution >= 4 is 11.8 Å². The van der Waals surface area contributed by atoms with Crippen molar-refractivity contribution in [2.75, 3.05) is 13.1 Å². The second kappa shape index (κ2) is 7.73. The highest BCUT2D eigenvalue weighted by Crippen LogP contribution is 2.17. The third-order valence-electron chi connectivity index (χ3n) is 5.15. The Balaban J connectivity index is 1.56. The number of amides is 2. The first kappa shape index (κ1) is 18.2. The maximum Gasteiger partial charge on any atom is 0.253 e. The largest absolute Gasteiger partial charge is 0.349 e. The van der Waals surface area contributed by atoms with Gasteiger partial charge < -0.3 is 10.2 Å². The second-order valence-electron chi connectivity index (χ2n) is 7.21. The molecule has 2 amide bonds. The summed E-state index contributed by atoms with van der Waals surface area (Å²) in [4.78, 5) is 27.0. The first-order valence-electron chi connectivity index (χ1n) is 9.18. The van der Waals surface area contributed by atoms with Crippen LogP contribution in [0.4, 0.5) is 0 Å². The van der Waals surface area contributed by atoms with Crippen molar-refractivity contribution in [3.63, 3.8) is 0 Å². The Morgan fingerprint density at radius 1 is 0.923 bits per heavy atom. The zero-order valence-corrected chi connectivity index (χ0v) is 15.7. The summed E-state index contributed by atoms with van der Waals surface area (Å²) in [5.41, 5.74) is 4.84. The molecule has 1 aliphatic rings. The zero-order chi connectivity index (χ0) is 18.7. The lowest BCUT2D eigenvalue weighted by Gasteiger charge is -2.32. The number of hydrogen-bond donors (Lipinski definition) is 1. The quantitative estimate of drug-likeness (QED) is 0.919. The molecule has 2 aromatic rings. The van der Waals surface area contributed by atoms with Gasteiger partial charge in [-0.25, -0.2) is 0 Å². The molecule has 2 aromatic carbocycles. The van der Waals surface area contributed by atoms with Crippen LogP contribution in [0.5, 0.6) is 0 Å². The molecule has 4 heteroatoms. The van der Waals surface area contributed by atoms with E-state index >= 15 is 0 Å². The van der Waals surface area contributed by atoms with E-state index in [4.69, 9.17) is 0 Å². The lowest BCUT2D eigenvalue weighted by atomic mass is 10.0. The molecule has 0 spiro atoms. The molecule has 136 valence electrons. The van der Waals surface area contributed by atoms with E-state index in [0.717, 1.165) is 29.5 Å². The molecule has 0 aliphatic carbocycles. The summed E-state index contributed by atoms with van der Waals surface area (Å²) in [5.74, 6) is 0.0456. The van der Waals surface area contributed by atoms with Crippen molar-refractivity contribution < 1.29 is 9.59 Å².